The number of anilines is 2. The van der Waals surface area contributed by atoms with E-state index >= 15 is 0 Å². The Morgan fingerprint density at radius 1 is 1.05 bits per heavy atom. The molecule has 0 aliphatic carbocycles. The maximum absolute atomic E-state index is 13.1. The number of alkyl halides is 3. The smallest absolute Gasteiger partial charge is 0.416 e. The summed E-state index contributed by atoms with van der Waals surface area (Å²) in [7, 11) is 0. The second-order valence-electron chi connectivity index (χ2n) is 9.63. The third kappa shape index (κ3) is 7.43. The first-order chi connectivity index (χ1) is 19.6. The Labute approximate surface area is 236 Å². The quantitative estimate of drug-likeness (QED) is 0.198. The van der Waals surface area contributed by atoms with E-state index in [1.54, 1.807) is 24.3 Å². The molecule has 2 amide bonds. The summed E-state index contributed by atoms with van der Waals surface area (Å²) >= 11 is 0. The minimum absolute atomic E-state index is 0.0657. The number of hydrogen-bond donors (Lipinski definition) is 3. The van der Waals surface area contributed by atoms with Crippen LogP contribution in [-0.4, -0.2) is 29.1 Å². The van der Waals surface area contributed by atoms with Gasteiger partial charge in [0.05, 0.1) is 11.7 Å². The summed E-state index contributed by atoms with van der Waals surface area (Å²) in [5.74, 6) is -0.268. The van der Waals surface area contributed by atoms with Crippen LogP contribution in [-0.2, 0) is 22.2 Å². The Balaban J connectivity index is 1.59. The molecule has 3 N–H and O–H groups in total. The Bertz CT molecular complexity index is 1440. The molecule has 3 aromatic carbocycles. The maximum Gasteiger partial charge on any atom is 0.416 e. The number of amides is 2. The predicted molar refractivity (Wildman–Crippen MR) is 153 cm³/mol. The summed E-state index contributed by atoms with van der Waals surface area (Å²) in [6.45, 7) is 4.09. The topological polar surface area (TPSA) is 87.7 Å². The summed E-state index contributed by atoms with van der Waals surface area (Å²) in [6.07, 6.45) is 0.684. The fourth-order valence-electron chi connectivity index (χ4n) is 4.51. The van der Waals surface area contributed by atoms with E-state index in [2.05, 4.69) is 10.6 Å². The summed E-state index contributed by atoms with van der Waals surface area (Å²) in [5.41, 5.74) is 2.71. The van der Waals surface area contributed by atoms with Crippen LogP contribution in [0.1, 0.15) is 48.9 Å². The lowest BCUT2D eigenvalue weighted by atomic mass is 9.96. The Kier molecular flexibility index (Phi) is 9.29. The van der Waals surface area contributed by atoms with Gasteiger partial charge in [0.1, 0.15) is 11.9 Å². The van der Waals surface area contributed by atoms with Gasteiger partial charge in [-0.05, 0) is 65.9 Å². The number of benzene rings is 3. The highest BCUT2D eigenvalue weighted by atomic mass is 19.4. The van der Waals surface area contributed by atoms with Crippen LogP contribution in [0.2, 0.25) is 0 Å². The van der Waals surface area contributed by atoms with E-state index in [0.717, 1.165) is 30.5 Å². The largest absolute Gasteiger partial charge is 0.490 e. The van der Waals surface area contributed by atoms with E-state index in [9.17, 15) is 27.9 Å². The molecule has 0 radical (unpaired) electrons. The highest BCUT2D eigenvalue weighted by molar-refractivity contribution is 6.03. The van der Waals surface area contributed by atoms with Gasteiger partial charge in [-0.2, -0.15) is 13.2 Å². The highest BCUT2D eigenvalue weighted by Gasteiger charge is 2.30. The van der Waals surface area contributed by atoms with Crippen molar-refractivity contribution in [2.75, 3.05) is 10.6 Å². The summed E-state index contributed by atoms with van der Waals surface area (Å²) in [4.78, 5) is 24.5. The number of fused-ring (bicyclic) bond motifs is 1. The number of nitrogens with one attached hydrogen (secondary N) is 2. The van der Waals surface area contributed by atoms with Crippen molar-refractivity contribution in [3.63, 3.8) is 0 Å². The molecular weight excluding hydrogens is 533 g/mol. The minimum Gasteiger partial charge on any atom is -0.490 e. The molecule has 9 heteroatoms. The molecular formula is C32H31F3N2O4. The monoisotopic (exact) mass is 564 g/mol. The number of aliphatic hydroxyl groups is 1. The van der Waals surface area contributed by atoms with Crippen LogP contribution in [0.4, 0.5) is 24.5 Å². The Hall–Kier alpha value is -4.37. The van der Waals surface area contributed by atoms with Crippen LogP contribution in [0.5, 0.6) is 5.75 Å². The van der Waals surface area contributed by atoms with Gasteiger partial charge in [-0.1, -0.05) is 56.3 Å². The van der Waals surface area contributed by atoms with E-state index in [-0.39, 0.29) is 12.5 Å². The molecule has 214 valence electrons. The van der Waals surface area contributed by atoms with Gasteiger partial charge in [0.25, 0.3) is 5.91 Å². The number of aliphatic hydroxyl groups excluding tert-OH is 1. The van der Waals surface area contributed by atoms with E-state index in [1.165, 1.54) is 24.3 Å². The zero-order valence-corrected chi connectivity index (χ0v) is 22.7. The summed E-state index contributed by atoms with van der Waals surface area (Å²) < 4.78 is 45.4. The molecule has 1 heterocycles. The van der Waals surface area contributed by atoms with E-state index in [0.29, 0.717) is 33.8 Å². The van der Waals surface area contributed by atoms with Crippen molar-refractivity contribution in [2.45, 2.75) is 51.5 Å². The van der Waals surface area contributed by atoms with Crippen molar-refractivity contribution < 1.29 is 32.6 Å². The second kappa shape index (κ2) is 12.9. The molecule has 1 atom stereocenters. The van der Waals surface area contributed by atoms with Gasteiger partial charge in [-0.25, -0.2) is 0 Å². The molecule has 0 saturated heterocycles. The lowest BCUT2D eigenvalue weighted by Gasteiger charge is -2.23. The van der Waals surface area contributed by atoms with E-state index in [1.807, 2.05) is 38.1 Å². The van der Waals surface area contributed by atoms with Crippen molar-refractivity contribution in [3.05, 3.63) is 107 Å². The molecule has 4 rings (SSSR count). The molecule has 0 bridgehead atoms. The van der Waals surface area contributed by atoms with Crippen molar-refractivity contribution in [3.8, 4) is 5.75 Å². The average molecular weight is 565 g/mol. The summed E-state index contributed by atoms with van der Waals surface area (Å²) in [6, 6.07) is 17.1. The maximum atomic E-state index is 13.1. The zero-order valence-electron chi connectivity index (χ0n) is 22.7. The van der Waals surface area contributed by atoms with Crippen molar-refractivity contribution >= 4 is 28.8 Å². The molecule has 0 fully saturated rings. The van der Waals surface area contributed by atoms with Crippen molar-refractivity contribution in [1.29, 1.82) is 0 Å². The van der Waals surface area contributed by atoms with Gasteiger partial charge in [0.15, 0.2) is 0 Å². The Morgan fingerprint density at radius 3 is 2.29 bits per heavy atom. The van der Waals surface area contributed by atoms with Gasteiger partial charge in [0, 0.05) is 29.4 Å². The minimum atomic E-state index is -4.45. The molecule has 1 aliphatic rings. The van der Waals surface area contributed by atoms with Crippen LogP contribution >= 0.6 is 0 Å². The predicted octanol–water partition coefficient (Wildman–Crippen LogP) is 6.75. The van der Waals surface area contributed by atoms with Crippen molar-refractivity contribution in [2.24, 2.45) is 0 Å². The first-order valence-electron chi connectivity index (χ1n) is 13.3. The molecule has 6 nitrogen and oxygen atoms in total. The van der Waals surface area contributed by atoms with Gasteiger partial charge < -0.3 is 20.5 Å². The number of rotatable bonds is 9. The number of hydrogen-bond acceptors (Lipinski definition) is 4. The number of ether oxygens (including phenoxy) is 1. The van der Waals surface area contributed by atoms with Crippen LogP contribution in [0, 0.1) is 0 Å². The normalized spacial score (nSPS) is 15.5. The molecule has 0 aromatic heterocycles. The SMILES string of the molecule is CCC(CC)Oc1ccc(/C(=C\C=C\C(=O)Nc2cccc3c2CC(O)C(=O)N3)c2ccc(C(F)(F)F)cc2)cc1. The fraction of sp³-hybridized carbons (Fsp3) is 0.250. The third-order valence-electron chi connectivity index (χ3n) is 6.80. The second-order valence-corrected chi connectivity index (χ2v) is 9.63. The van der Waals surface area contributed by atoms with Crippen molar-refractivity contribution in [1.82, 2.24) is 0 Å². The Morgan fingerprint density at radius 2 is 1.68 bits per heavy atom. The van der Waals surface area contributed by atoms with E-state index in [4.69, 9.17) is 4.74 Å². The molecule has 3 aromatic rings. The lowest BCUT2D eigenvalue weighted by Crippen LogP contribution is -2.34. The van der Waals surface area contributed by atoms with Gasteiger partial charge >= 0.3 is 6.18 Å². The first kappa shape index (κ1) is 29.6. The summed E-state index contributed by atoms with van der Waals surface area (Å²) in [5, 5.41) is 15.3. The van der Waals surface area contributed by atoms with Gasteiger partial charge in [0.2, 0.25) is 5.91 Å². The average Bonchev–Trinajstić information content (AvgIpc) is 2.95. The molecule has 0 spiro atoms. The van der Waals surface area contributed by atoms with Crippen LogP contribution in [0.3, 0.4) is 0 Å². The first-order valence-corrected chi connectivity index (χ1v) is 13.3. The van der Waals surface area contributed by atoms with E-state index < -0.39 is 29.7 Å². The van der Waals surface area contributed by atoms with Crippen LogP contribution in [0.15, 0.2) is 85.0 Å². The van der Waals surface area contributed by atoms with Crippen LogP contribution in [0.25, 0.3) is 5.57 Å². The third-order valence-corrected chi connectivity index (χ3v) is 6.80. The van der Waals surface area contributed by atoms with Gasteiger partial charge in [-0.3, -0.25) is 9.59 Å². The standard InChI is InChI=1S/C32H31F3N2O4/c1-3-23(4-2)41-24-17-13-21(14-18-24)25(20-11-15-22(16-12-20)32(33,34)35)7-5-10-30(39)36-27-8-6-9-28-26(27)19-29(38)31(40)37-28/h5-18,23,29,38H,3-4,19H2,1-2H3,(H,36,39)(H,37,40)/b10-5+,25-7-. The lowest BCUT2D eigenvalue weighted by molar-refractivity contribution is -0.137. The number of carbonyl (C=O) groups is 2. The fourth-order valence-corrected chi connectivity index (χ4v) is 4.51. The highest BCUT2D eigenvalue weighted by Crippen LogP contribution is 2.32. The van der Waals surface area contributed by atoms with Gasteiger partial charge in [-0.15, -0.1) is 0 Å². The molecule has 1 unspecified atom stereocenters. The zero-order chi connectivity index (χ0) is 29.6. The van der Waals surface area contributed by atoms with Crippen LogP contribution < -0.4 is 15.4 Å². The number of carbonyl (C=O) groups excluding carboxylic acids is 2. The molecule has 41 heavy (non-hydrogen) atoms. The number of allylic oxidation sites excluding steroid dienone is 2. The molecule has 1 aliphatic heterocycles. The number of halogens is 3. The molecule has 0 saturated carbocycles.